The van der Waals surface area contributed by atoms with Crippen molar-refractivity contribution < 1.29 is 26.4 Å². The quantitative estimate of drug-likeness (QED) is 0.644. The second-order valence-electron chi connectivity index (χ2n) is 3.26. The molecule has 1 aromatic carbocycles. The standard InChI is InChI=1S/C9H8F3NO3S/c1-17(15,16)9-5(10)2-4(6(14)3-13)7(11)8(9)12/h2H,3,13H2,1H3. The van der Waals surface area contributed by atoms with Crippen LogP contribution in [0, 0.1) is 17.5 Å². The van der Waals surface area contributed by atoms with Crippen molar-refractivity contribution in [3.05, 3.63) is 29.1 Å². The normalized spacial score (nSPS) is 11.6. The van der Waals surface area contributed by atoms with E-state index in [-0.39, 0.29) is 0 Å². The summed E-state index contributed by atoms with van der Waals surface area (Å²) in [5.41, 5.74) is 4.01. The average Bonchev–Trinajstić information content (AvgIpc) is 2.20. The van der Waals surface area contributed by atoms with Gasteiger partial charge in [-0.1, -0.05) is 0 Å². The Morgan fingerprint density at radius 1 is 1.29 bits per heavy atom. The van der Waals surface area contributed by atoms with Crippen LogP contribution in [0.1, 0.15) is 10.4 Å². The number of halogens is 3. The highest BCUT2D eigenvalue weighted by Gasteiger charge is 2.27. The lowest BCUT2D eigenvalue weighted by molar-refractivity contribution is 0.0995. The summed E-state index contributed by atoms with van der Waals surface area (Å²) in [6, 6.07) is 0.323. The van der Waals surface area contributed by atoms with Crippen molar-refractivity contribution in [1.82, 2.24) is 0 Å². The lowest BCUT2D eigenvalue weighted by Crippen LogP contribution is -2.18. The number of carbonyl (C=O) groups excluding carboxylic acids is 1. The third-order valence-electron chi connectivity index (χ3n) is 1.97. The molecule has 1 aromatic rings. The largest absolute Gasteiger partial charge is 0.324 e. The number of carbonyl (C=O) groups is 1. The summed E-state index contributed by atoms with van der Waals surface area (Å²) in [5.74, 6) is -6.19. The molecule has 0 amide bonds. The molecule has 0 heterocycles. The van der Waals surface area contributed by atoms with Crippen LogP contribution in [-0.2, 0) is 9.84 Å². The number of hydrogen-bond donors (Lipinski definition) is 1. The first-order chi connectivity index (χ1) is 7.70. The monoisotopic (exact) mass is 267 g/mol. The fourth-order valence-corrected chi connectivity index (χ4v) is 2.06. The summed E-state index contributed by atoms with van der Waals surface area (Å²) in [5, 5.41) is 0. The third-order valence-corrected chi connectivity index (χ3v) is 3.09. The van der Waals surface area contributed by atoms with E-state index in [2.05, 4.69) is 0 Å². The number of hydrogen-bond acceptors (Lipinski definition) is 4. The lowest BCUT2D eigenvalue weighted by Gasteiger charge is -2.07. The Balaban J connectivity index is 3.65. The van der Waals surface area contributed by atoms with Crippen molar-refractivity contribution in [2.24, 2.45) is 5.73 Å². The molecule has 0 saturated carbocycles. The molecule has 8 heteroatoms. The first-order valence-corrected chi connectivity index (χ1v) is 6.20. The second kappa shape index (κ2) is 4.46. The van der Waals surface area contributed by atoms with Crippen LogP contribution in [0.3, 0.4) is 0 Å². The van der Waals surface area contributed by atoms with Gasteiger partial charge in [-0.25, -0.2) is 21.6 Å². The highest BCUT2D eigenvalue weighted by molar-refractivity contribution is 7.90. The van der Waals surface area contributed by atoms with Crippen LogP contribution in [0.15, 0.2) is 11.0 Å². The molecule has 0 atom stereocenters. The summed E-state index contributed by atoms with van der Waals surface area (Å²) in [6.07, 6.45) is 0.526. The van der Waals surface area contributed by atoms with Crippen LogP contribution >= 0.6 is 0 Å². The first-order valence-electron chi connectivity index (χ1n) is 4.31. The molecule has 17 heavy (non-hydrogen) atoms. The van der Waals surface area contributed by atoms with Gasteiger partial charge >= 0.3 is 0 Å². The number of sulfone groups is 1. The summed E-state index contributed by atoms with van der Waals surface area (Å²) in [6.45, 7) is -0.645. The van der Waals surface area contributed by atoms with Gasteiger partial charge in [-0.15, -0.1) is 0 Å². The van der Waals surface area contributed by atoms with Crippen LogP contribution in [0.4, 0.5) is 13.2 Å². The van der Waals surface area contributed by atoms with Gasteiger partial charge in [0.25, 0.3) is 0 Å². The predicted molar refractivity (Wildman–Crippen MR) is 52.8 cm³/mol. The number of Topliss-reactive ketones (excluding diaryl/α,β-unsaturated/α-hetero) is 1. The van der Waals surface area contributed by atoms with Crippen LogP contribution < -0.4 is 5.73 Å². The molecule has 0 aliphatic heterocycles. The van der Waals surface area contributed by atoms with Gasteiger partial charge in [0.2, 0.25) is 0 Å². The molecular formula is C9H8F3NO3S. The Bertz CT molecular complexity index is 584. The Morgan fingerprint density at radius 2 is 1.82 bits per heavy atom. The van der Waals surface area contributed by atoms with E-state index in [0.29, 0.717) is 12.3 Å². The van der Waals surface area contributed by atoms with Gasteiger partial charge < -0.3 is 5.73 Å². The van der Waals surface area contributed by atoms with E-state index in [1.165, 1.54) is 0 Å². The number of ketones is 1. The topological polar surface area (TPSA) is 77.2 Å². The lowest BCUT2D eigenvalue weighted by atomic mass is 10.1. The summed E-state index contributed by atoms with van der Waals surface area (Å²) >= 11 is 0. The van der Waals surface area contributed by atoms with E-state index in [1.54, 1.807) is 0 Å². The van der Waals surface area contributed by atoms with Crippen molar-refractivity contribution >= 4 is 15.6 Å². The molecule has 0 unspecified atom stereocenters. The van der Waals surface area contributed by atoms with E-state index in [4.69, 9.17) is 5.73 Å². The Kier molecular flexibility index (Phi) is 3.58. The highest BCUT2D eigenvalue weighted by atomic mass is 32.2. The molecule has 4 nitrogen and oxygen atoms in total. The van der Waals surface area contributed by atoms with Gasteiger partial charge in [0, 0.05) is 6.26 Å². The smallest absolute Gasteiger partial charge is 0.181 e. The zero-order chi connectivity index (χ0) is 13.4. The summed E-state index contributed by atoms with van der Waals surface area (Å²) in [4.78, 5) is 9.65. The fourth-order valence-electron chi connectivity index (χ4n) is 1.23. The fraction of sp³-hybridized carbons (Fsp3) is 0.222. The van der Waals surface area contributed by atoms with Gasteiger partial charge in [0.05, 0.1) is 12.1 Å². The maximum atomic E-state index is 13.3. The van der Waals surface area contributed by atoms with Gasteiger partial charge in [-0.05, 0) is 6.07 Å². The molecule has 0 radical (unpaired) electrons. The molecule has 1 rings (SSSR count). The van der Waals surface area contributed by atoms with Crippen LogP contribution in [0.5, 0.6) is 0 Å². The van der Waals surface area contributed by atoms with Gasteiger partial charge in [-0.2, -0.15) is 0 Å². The van der Waals surface area contributed by atoms with Crippen LogP contribution in [0.2, 0.25) is 0 Å². The number of benzene rings is 1. The van der Waals surface area contributed by atoms with Crippen molar-refractivity contribution in [3.63, 3.8) is 0 Å². The van der Waals surface area contributed by atoms with E-state index < -0.39 is 50.1 Å². The maximum absolute atomic E-state index is 13.3. The van der Waals surface area contributed by atoms with Crippen LogP contribution in [-0.4, -0.2) is 27.0 Å². The van der Waals surface area contributed by atoms with Crippen LogP contribution in [0.25, 0.3) is 0 Å². The Morgan fingerprint density at radius 3 is 2.24 bits per heavy atom. The summed E-state index contributed by atoms with van der Waals surface area (Å²) in [7, 11) is -4.27. The predicted octanol–water partition coefficient (Wildman–Crippen LogP) is 0.649. The summed E-state index contributed by atoms with van der Waals surface area (Å²) < 4.78 is 62.0. The van der Waals surface area contributed by atoms with Crippen molar-refractivity contribution in [2.75, 3.05) is 12.8 Å². The minimum atomic E-state index is -4.27. The van der Waals surface area contributed by atoms with E-state index in [9.17, 15) is 26.4 Å². The van der Waals surface area contributed by atoms with E-state index in [1.807, 2.05) is 0 Å². The zero-order valence-electron chi connectivity index (χ0n) is 8.63. The van der Waals surface area contributed by atoms with Crippen molar-refractivity contribution in [3.8, 4) is 0 Å². The number of nitrogens with two attached hydrogens (primary N) is 1. The maximum Gasteiger partial charge on any atom is 0.181 e. The molecule has 0 saturated heterocycles. The Labute approximate surface area is 95.1 Å². The molecule has 0 fully saturated rings. The minimum Gasteiger partial charge on any atom is -0.324 e. The third kappa shape index (κ3) is 2.47. The zero-order valence-corrected chi connectivity index (χ0v) is 9.45. The van der Waals surface area contributed by atoms with Gasteiger partial charge in [0.15, 0.2) is 27.3 Å². The van der Waals surface area contributed by atoms with Crippen molar-refractivity contribution in [1.29, 1.82) is 0 Å². The molecule has 0 spiro atoms. The van der Waals surface area contributed by atoms with Crippen molar-refractivity contribution in [2.45, 2.75) is 4.90 Å². The van der Waals surface area contributed by atoms with Gasteiger partial charge in [0.1, 0.15) is 10.7 Å². The number of rotatable bonds is 3. The van der Waals surface area contributed by atoms with Gasteiger partial charge in [-0.3, -0.25) is 4.79 Å². The minimum absolute atomic E-state index is 0.323. The van der Waals surface area contributed by atoms with E-state index >= 15 is 0 Å². The highest BCUT2D eigenvalue weighted by Crippen LogP contribution is 2.24. The molecule has 0 aliphatic carbocycles. The molecular weight excluding hydrogens is 259 g/mol. The Hall–Kier alpha value is -1.41. The molecule has 0 bridgehead atoms. The van der Waals surface area contributed by atoms with E-state index in [0.717, 1.165) is 0 Å². The second-order valence-corrected chi connectivity index (χ2v) is 5.22. The SMILES string of the molecule is CS(=O)(=O)c1c(F)cc(C(=O)CN)c(F)c1F. The molecule has 0 aliphatic rings. The molecule has 0 aromatic heterocycles. The molecule has 94 valence electrons. The average molecular weight is 267 g/mol. The molecule has 2 N–H and O–H groups in total. The first kappa shape index (κ1) is 13.7.